The van der Waals surface area contributed by atoms with E-state index in [2.05, 4.69) is 30.3 Å². The summed E-state index contributed by atoms with van der Waals surface area (Å²) in [7, 11) is 0. The quantitative estimate of drug-likeness (QED) is 0.763. The van der Waals surface area contributed by atoms with Gasteiger partial charge in [-0.15, -0.1) is 0 Å². The van der Waals surface area contributed by atoms with Crippen LogP contribution >= 0.6 is 0 Å². The summed E-state index contributed by atoms with van der Waals surface area (Å²) >= 11 is 0. The molecule has 1 aliphatic heterocycles. The lowest BCUT2D eigenvalue weighted by Gasteiger charge is -2.29. The Morgan fingerprint density at radius 3 is 2.53 bits per heavy atom. The van der Waals surface area contributed by atoms with Crippen LogP contribution in [0.1, 0.15) is 37.7 Å². The number of hydrogen-bond acceptors (Lipinski definition) is 2. The van der Waals surface area contributed by atoms with Crippen molar-refractivity contribution in [3.05, 3.63) is 35.9 Å². The second-order valence-corrected chi connectivity index (χ2v) is 5.62. The molecule has 19 heavy (non-hydrogen) atoms. The van der Waals surface area contributed by atoms with Crippen LogP contribution in [-0.2, 0) is 11.2 Å². The van der Waals surface area contributed by atoms with Gasteiger partial charge in [0.2, 0.25) is 0 Å². The first-order valence-electron chi connectivity index (χ1n) is 7.62. The Morgan fingerprint density at radius 2 is 1.84 bits per heavy atom. The minimum absolute atomic E-state index is 0.343. The van der Waals surface area contributed by atoms with Crippen molar-refractivity contribution in [1.82, 2.24) is 0 Å². The van der Waals surface area contributed by atoms with Gasteiger partial charge in [0.1, 0.15) is 0 Å². The number of benzene rings is 1. The average molecular weight is 262 g/mol. The Hall–Kier alpha value is -0.860. The highest BCUT2D eigenvalue weighted by molar-refractivity contribution is 5.14. The molecule has 0 saturated carbocycles. The van der Waals surface area contributed by atoms with Crippen molar-refractivity contribution in [2.24, 2.45) is 11.8 Å². The fraction of sp³-hybridized carbons (Fsp3) is 0.647. The first-order chi connectivity index (χ1) is 9.40. The highest BCUT2D eigenvalue weighted by Crippen LogP contribution is 2.27. The third-order valence-electron chi connectivity index (χ3n) is 4.30. The number of unbranched alkanes of at least 4 members (excludes halogenated alkanes) is 1. The van der Waals surface area contributed by atoms with Gasteiger partial charge in [-0.05, 0) is 49.5 Å². The third-order valence-corrected chi connectivity index (χ3v) is 4.30. The van der Waals surface area contributed by atoms with Crippen LogP contribution in [0.2, 0.25) is 0 Å². The summed E-state index contributed by atoms with van der Waals surface area (Å²) in [5.74, 6) is 1.16. The Balaban J connectivity index is 1.65. The molecule has 0 spiro atoms. The van der Waals surface area contributed by atoms with E-state index in [-0.39, 0.29) is 0 Å². The molecule has 2 nitrogen and oxygen atoms in total. The van der Waals surface area contributed by atoms with E-state index >= 15 is 0 Å². The molecule has 1 aliphatic rings. The molecule has 0 radical (unpaired) electrons. The van der Waals surface area contributed by atoms with Crippen LogP contribution in [0.4, 0.5) is 0 Å². The van der Waals surface area contributed by atoms with E-state index in [1.54, 1.807) is 0 Å². The predicted octanol–water partition coefficient (Wildman–Crippen LogP) is 3.43. The van der Waals surface area contributed by atoms with Crippen molar-refractivity contribution in [3.8, 4) is 0 Å². The Bertz CT molecular complexity index is 330. The van der Waals surface area contributed by atoms with E-state index in [1.807, 2.05) is 0 Å². The second-order valence-electron chi connectivity index (χ2n) is 5.62. The monoisotopic (exact) mass is 262 g/mol. The molecule has 0 amide bonds. The Kier molecular flexibility index (Phi) is 6.38. The standard InChI is InChI=1S/C17H26O2/c18-14-17(16-10-12-19-13-11-16)9-5-4-8-15-6-2-1-3-7-15/h1-3,6-7,16-18H,4-5,8-14H2/t17-/m1/s1. The zero-order valence-corrected chi connectivity index (χ0v) is 11.8. The third kappa shape index (κ3) is 4.96. The number of hydrogen-bond donors (Lipinski definition) is 1. The summed E-state index contributed by atoms with van der Waals surface area (Å²) < 4.78 is 5.40. The summed E-state index contributed by atoms with van der Waals surface area (Å²) in [4.78, 5) is 0. The van der Waals surface area contributed by atoms with Crippen LogP contribution in [0.3, 0.4) is 0 Å². The van der Waals surface area contributed by atoms with Gasteiger partial charge in [0.15, 0.2) is 0 Å². The largest absolute Gasteiger partial charge is 0.396 e. The van der Waals surface area contributed by atoms with Crippen molar-refractivity contribution >= 4 is 0 Å². The van der Waals surface area contributed by atoms with Crippen LogP contribution < -0.4 is 0 Å². The summed E-state index contributed by atoms with van der Waals surface area (Å²) in [5, 5.41) is 9.55. The molecule has 1 aromatic rings. The van der Waals surface area contributed by atoms with Crippen LogP contribution in [0.15, 0.2) is 30.3 Å². The van der Waals surface area contributed by atoms with Crippen molar-refractivity contribution in [1.29, 1.82) is 0 Å². The second kappa shape index (κ2) is 8.34. The minimum atomic E-state index is 0.343. The molecule has 0 unspecified atom stereocenters. The molecule has 1 N–H and O–H groups in total. The molecule has 1 heterocycles. The lowest BCUT2D eigenvalue weighted by atomic mass is 9.83. The van der Waals surface area contributed by atoms with Crippen LogP contribution in [-0.4, -0.2) is 24.9 Å². The maximum atomic E-state index is 9.55. The van der Waals surface area contributed by atoms with Gasteiger partial charge in [-0.3, -0.25) is 0 Å². The zero-order valence-electron chi connectivity index (χ0n) is 11.8. The Labute approximate surface area is 116 Å². The average Bonchev–Trinajstić information content (AvgIpc) is 2.49. The van der Waals surface area contributed by atoms with E-state index in [4.69, 9.17) is 4.74 Å². The van der Waals surface area contributed by atoms with Crippen molar-refractivity contribution < 1.29 is 9.84 Å². The molecule has 106 valence electrons. The predicted molar refractivity (Wildman–Crippen MR) is 78.1 cm³/mol. The number of aliphatic hydroxyl groups is 1. The van der Waals surface area contributed by atoms with E-state index < -0.39 is 0 Å². The Morgan fingerprint density at radius 1 is 1.11 bits per heavy atom. The molecular weight excluding hydrogens is 236 g/mol. The van der Waals surface area contributed by atoms with Crippen molar-refractivity contribution in [2.75, 3.05) is 19.8 Å². The normalized spacial score (nSPS) is 18.4. The van der Waals surface area contributed by atoms with Gasteiger partial charge in [0.05, 0.1) is 0 Å². The summed E-state index contributed by atoms with van der Waals surface area (Å²) in [6, 6.07) is 10.7. The van der Waals surface area contributed by atoms with Crippen molar-refractivity contribution in [3.63, 3.8) is 0 Å². The lowest BCUT2D eigenvalue weighted by molar-refractivity contribution is 0.0305. The van der Waals surface area contributed by atoms with Gasteiger partial charge in [-0.2, -0.15) is 0 Å². The van der Waals surface area contributed by atoms with E-state index in [0.29, 0.717) is 18.4 Å². The van der Waals surface area contributed by atoms with E-state index in [0.717, 1.165) is 38.9 Å². The molecule has 1 fully saturated rings. The molecule has 0 aliphatic carbocycles. The van der Waals surface area contributed by atoms with Gasteiger partial charge in [-0.25, -0.2) is 0 Å². The first kappa shape index (κ1) is 14.5. The van der Waals surface area contributed by atoms with Crippen LogP contribution in [0, 0.1) is 11.8 Å². The van der Waals surface area contributed by atoms with Gasteiger partial charge >= 0.3 is 0 Å². The number of aryl methyl sites for hydroxylation is 1. The zero-order chi connectivity index (χ0) is 13.3. The van der Waals surface area contributed by atoms with Gasteiger partial charge in [-0.1, -0.05) is 36.8 Å². The topological polar surface area (TPSA) is 29.5 Å². The van der Waals surface area contributed by atoms with Gasteiger partial charge in [0, 0.05) is 19.8 Å². The fourth-order valence-electron chi connectivity index (χ4n) is 3.04. The minimum Gasteiger partial charge on any atom is -0.396 e. The van der Waals surface area contributed by atoms with E-state index in [9.17, 15) is 5.11 Å². The summed E-state index contributed by atoms with van der Waals surface area (Å²) in [6.45, 7) is 2.10. The van der Waals surface area contributed by atoms with E-state index in [1.165, 1.54) is 18.4 Å². The maximum absolute atomic E-state index is 9.55. The maximum Gasteiger partial charge on any atom is 0.0468 e. The smallest absolute Gasteiger partial charge is 0.0468 e. The number of rotatable bonds is 7. The van der Waals surface area contributed by atoms with Crippen molar-refractivity contribution in [2.45, 2.75) is 38.5 Å². The molecule has 0 bridgehead atoms. The molecule has 2 rings (SSSR count). The molecule has 1 aromatic carbocycles. The molecular formula is C17H26O2. The molecule has 1 atom stereocenters. The lowest BCUT2D eigenvalue weighted by Crippen LogP contribution is -2.25. The molecule has 0 aromatic heterocycles. The highest BCUT2D eigenvalue weighted by atomic mass is 16.5. The van der Waals surface area contributed by atoms with Gasteiger partial charge in [0.25, 0.3) is 0 Å². The first-order valence-corrected chi connectivity index (χ1v) is 7.62. The SMILES string of the molecule is OC[C@@H](CCCCc1ccccc1)C1CCOCC1. The molecule has 2 heteroatoms. The highest BCUT2D eigenvalue weighted by Gasteiger charge is 2.22. The van der Waals surface area contributed by atoms with Crippen LogP contribution in [0.25, 0.3) is 0 Å². The number of ether oxygens (including phenoxy) is 1. The summed E-state index contributed by atoms with van der Waals surface area (Å²) in [5.41, 5.74) is 1.43. The molecule has 1 saturated heterocycles. The van der Waals surface area contributed by atoms with Gasteiger partial charge < -0.3 is 9.84 Å². The van der Waals surface area contributed by atoms with Crippen LogP contribution in [0.5, 0.6) is 0 Å². The fourth-order valence-corrected chi connectivity index (χ4v) is 3.04. The number of aliphatic hydroxyl groups excluding tert-OH is 1. The summed E-state index contributed by atoms with van der Waals surface area (Å²) in [6.07, 6.45) is 7.02.